The predicted octanol–water partition coefficient (Wildman–Crippen LogP) is 6.01. The fourth-order valence-electron chi connectivity index (χ4n) is 3.51. The number of hydrogen-bond acceptors (Lipinski definition) is 0. The molecule has 0 bridgehead atoms. The van der Waals surface area contributed by atoms with Crippen molar-refractivity contribution in [2.75, 3.05) is 0 Å². The molecule has 0 amide bonds. The van der Waals surface area contributed by atoms with E-state index in [0.29, 0.717) is 0 Å². The summed E-state index contributed by atoms with van der Waals surface area (Å²) in [4.78, 5) is 0. The maximum atomic E-state index is 3.61. The first-order chi connectivity index (χ1) is 9.72. The number of benzene rings is 2. The van der Waals surface area contributed by atoms with Crippen LogP contribution in [0.4, 0.5) is 0 Å². The molecule has 20 heavy (non-hydrogen) atoms. The van der Waals surface area contributed by atoms with E-state index >= 15 is 0 Å². The van der Waals surface area contributed by atoms with Crippen molar-refractivity contribution in [3.05, 3.63) is 67.6 Å². The average molecular weight is 390 g/mol. The molecule has 2 aliphatic carbocycles. The van der Waals surface area contributed by atoms with Crippen LogP contribution in [0.25, 0.3) is 11.1 Å². The van der Waals surface area contributed by atoms with E-state index in [-0.39, 0.29) is 0 Å². The Balaban J connectivity index is 1.92. The van der Waals surface area contributed by atoms with E-state index in [1.54, 1.807) is 11.1 Å². The number of rotatable bonds is 0. The molecule has 100 valence electrons. The van der Waals surface area contributed by atoms with Crippen LogP contribution in [-0.2, 0) is 12.8 Å². The van der Waals surface area contributed by atoms with Crippen LogP contribution in [0.5, 0.6) is 0 Å². The lowest BCUT2D eigenvalue weighted by Crippen LogP contribution is -1.86. The third kappa shape index (κ3) is 2.01. The molecule has 0 nitrogen and oxygen atoms in total. The van der Waals surface area contributed by atoms with Crippen LogP contribution in [0.1, 0.15) is 35.1 Å². The molecular weight excluding hydrogens is 376 g/mol. The van der Waals surface area contributed by atoms with Crippen molar-refractivity contribution in [2.45, 2.75) is 25.7 Å². The maximum absolute atomic E-state index is 3.61. The summed E-state index contributed by atoms with van der Waals surface area (Å²) in [6.45, 7) is 0. The van der Waals surface area contributed by atoms with Gasteiger partial charge in [0.1, 0.15) is 0 Å². The second kappa shape index (κ2) is 4.85. The van der Waals surface area contributed by atoms with Gasteiger partial charge >= 0.3 is 0 Å². The number of halogens is 2. The molecular formula is C18H14Br2. The highest BCUT2D eigenvalue weighted by atomic mass is 79.9. The molecule has 2 aromatic carbocycles. The Morgan fingerprint density at radius 3 is 1.50 bits per heavy atom. The molecule has 0 saturated carbocycles. The molecule has 0 unspecified atom stereocenters. The van der Waals surface area contributed by atoms with Gasteiger partial charge in [-0.05, 0) is 83.3 Å². The first kappa shape index (κ1) is 12.8. The lowest BCUT2D eigenvalue weighted by Gasteiger charge is -2.09. The minimum absolute atomic E-state index is 1.18. The SMILES string of the molecule is Brc1ccc2c(c1)/C(=C1/CCc3ccc(Br)cc31)CC2. The van der Waals surface area contributed by atoms with Crippen molar-refractivity contribution in [1.29, 1.82) is 0 Å². The van der Waals surface area contributed by atoms with E-state index in [2.05, 4.69) is 68.3 Å². The zero-order valence-corrected chi connectivity index (χ0v) is 14.2. The topological polar surface area (TPSA) is 0 Å². The predicted molar refractivity (Wildman–Crippen MR) is 91.7 cm³/mol. The number of allylic oxidation sites excluding steroid dienone is 2. The van der Waals surface area contributed by atoms with Crippen LogP contribution in [0, 0.1) is 0 Å². The highest BCUT2D eigenvalue weighted by Crippen LogP contribution is 2.44. The Morgan fingerprint density at radius 1 is 0.600 bits per heavy atom. The van der Waals surface area contributed by atoms with Crippen LogP contribution in [0.15, 0.2) is 45.3 Å². The Morgan fingerprint density at radius 2 is 1.05 bits per heavy atom. The third-order valence-electron chi connectivity index (χ3n) is 4.45. The molecule has 0 fully saturated rings. The Bertz CT molecular complexity index is 678. The maximum Gasteiger partial charge on any atom is 0.0181 e. The summed E-state index contributed by atoms with van der Waals surface area (Å²) in [6.07, 6.45) is 4.75. The minimum Gasteiger partial charge on any atom is -0.0573 e. The fourth-order valence-corrected chi connectivity index (χ4v) is 4.23. The molecule has 0 spiro atoms. The molecule has 2 heteroatoms. The van der Waals surface area contributed by atoms with E-state index in [9.17, 15) is 0 Å². The Kier molecular flexibility index (Phi) is 3.12. The van der Waals surface area contributed by atoms with E-state index in [0.717, 1.165) is 0 Å². The smallest absolute Gasteiger partial charge is 0.0181 e. The number of fused-ring (bicyclic) bond motifs is 2. The number of aryl methyl sites for hydroxylation is 2. The highest BCUT2D eigenvalue weighted by Gasteiger charge is 2.25. The first-order valence-electron chi connectivity index (χ1n) is 7.02. The zero-order valence-electron chi connectivity index (χ0n) is 11.0. The Labute approximate surface area is 136 Å². The molecule has 4 rings (SSSR count). The van der Waals surface area contributed by atoms with E-state index in [1.165, 1.54) is 56.9 Å². The quantitative estimate of drug-likeness (QED) is 0.517. The van der Waals surface area contributed by atoms with Gasteiger partial charge in [0.15, 0.2) is 0 Å². The summed E-state index contributed by atoms with van der Waals surface area (Å²) >= 11 is 7.23. The van der Waals surface area contributed by atoms with Gasteiger partial charge in [0.05, 0.1) is 0 Å². The standard InChI is InChI=1S/C18H14Br2/c19-13-5-1-11-3-7-15(17(11)9-13)16-8-4-12-2-6-14(20)10-18(12)16/h1-2,5-6,9-10H,3-4,7-8H2/b16-15-. The zero-order chi connectivity index (χ0) is 13.7. The molecule has 0 heterocycles. The molecule has 2 aliphatic rings. The monoisotopic (exact) mass is 388 g/mol. The average Bonchev–Trinajstić information content (AvgIpc) is 3.01. The molecule has 0 aromatic heterocycles. The summed E-state index contributed by atoms with van der Waals surface area (Å²) < 4.78 is 2.37. The van der Waals surface area contributed by atoms with Crippen molar-refractivity contribution in [3.8, 4) is 0 Å². The van der Waals surface area contributed by atoms with Crippen molar-refractivity contribution < 1.29 is 0 Å². The molecule has 0 radical (unpaired) electrons. The van der Waals surface area contributed by atoms with Crippen LogP contribution < -0.4 is 0 Å². The van der Waals surface area contributed by atoms with Crippen molar-refractivity contribution in [3.63, 3.8) is 0 Å². The second-order valence-corrected chi connectivity index (χ2v) is 7.39. The van der Waals surface area contributed by atoms with Gasteiger partial charge in [-0.2, -0.15) is 0 Å². The van der Waals surface area contributed by atoms with Gasteiger partial charge in [-0.15, -0.1) is 0 Å². The molecule has 2 aromatic rings. The van der Waals surface area contributed by atoms with Gasteiger partial charge < -0.3 is 0 Å². The molecule has 0 aliphatic heterocycles. The molecule has 0 N–H and O–H groups in total. The van der Waals surface area contributed by atoms with Crippen molar-refractivity contribution >= 4 is 43.0 Å². The summed E-state index contributed by atoms with van der Waals surface area (Å²) in [5, 5.41) is 0. The van der Waals surface area contributed by atoms with E-state index in [4.69, 9.17) is 0 Å². The normalized spacial score (nSPS) is 20.1. The summed E-state index contributed by atoms with van der Waals surface area (Å²) in [5.74, 6) is 0. The van der Waals surface area contributed by atoms with E-state index in [1.807, 2.05) is 0 Å². The van der Waals surface area contributed by atoms with Crippen LogP contribution >= 0.6 is 31.9 Å². The van der Waals surface area contributed by atoms with Crippen LogP contribution in [-0.4, -0.2) is 0 Å². The largest absolute Gasteiger partial charge is 0.0573 e. The van der Waals surface area contributed by atoms with Gasteiger partial charge in [0, 0.05) is 8.95 Å². The van der Waals surface area contributed by atoms with Gasteiger partial charge in [-0.25, -0.2) is 0 Å². The lowest BCUT2D eigenvalue weighted by molar-refractivity contribution is 1.06. The number of hydrogen-bond donors (Lipinski definition) is 0. The second-order valence-electron chi connectivity index (χ2n) is 5.56. The van der Waals surface area contributed by atoms with Gasteiger partial charge in [0.2, 0.25) is 0 Å². The van der Waals surface area contributed by atoms with Gasteiger partial charge in [-0.1, -0.05) is 44.0 Å². The summed E-state index contributed by atoms with van der Waals surface area (Å²) in [7, 11) is 0. The Hall–Kier alpha value is -0.860. The van der Waals surface area contributed by atoms with Gasteiger partial charge in [-0.3, -0.25) is 0 Å². The molecule has 0 atom stereocenters. The minimum atomic E-state index is 1.18. The van der Waals surface area contributed by atoms with Crippen molar-refractivity contribution in [2.24, 2.45) is 0 Å². The van der Waals surface area contributed by atoms with Crippen LogP contribution in [0.3, 0.4) is 0 Å². The first-order valence-corrected chi connectivity index (χ1v) is 8.60. The molecule has 0 saturated heterocycles. The van der Waals surface area contributed by atoms with Crippen LogP contribution in [0.2, 0.25) is 0 Å². The highest BCUT2D eigenvalue weighted by molar-refractivity contribution is 9.10. The summed E-state index contributed by atoms with van der Waals surface area (Å²) in [5.41, 5.74) is 9.05. The van der Waals surface area contributed by atoms with Crippen molar-refractivity contribution in [1.82, 2.24) is 0 Å². The van der Waals surface area contributed by atoms with Gasteiger partial charge in [0.25, 0.3) is 0 Å². The lowest BCUT2D eigenvalue weighted by atomic mass is 9.97. The summed E-state index contributed by atoms with van der Waals surface area (Å²) in [6, 6.07) is 13.4. The third-order valence-corrected chi connectivity index (χ3v) is 5.43. The van der Waals surface area contributed by atoms with E-state index < -0.39 is 0 Å². The fraction of sp³-hybridized carbons (Fsp3) is 0.222.